The molecule has 0 radical (unpaired) electrons. The van der Waals surface area contributed by atoms with Crippen LogP contribution in [0.15, 0.2) is 0 Å². The van der Waals surface area contributed by atoms with Gasteiger partial charge in [-0.25, -0.2) is 0 Å². The Morgan fingerprint density at radius 3 is 2.72 bits per heavy atom. The maximum Gasteiger partial charge on any atom is 0.161 e. The van der Waals surface area contributed by atoms with Crippen molar-refractivity contribution in [1.82, 2.24) is 15.1 Å². The predicted molar refractivity (Wildman–Crippen MR) is 75.0 cm³/mol. The van der Waals surface area contributed by atoms with Crippen LogP contribution in [0.25, 0.3) is 0 Å². The Morgan fingerprint density at radius 2 is 2.11 bits per heavy atom. The Kier molecular flexibility index (Phi) is 4.19. The highest BCUT2D eigenvalue weighted by atomic mass is 15.3. The van der Waals surface area contributed by atoms with Crippen LogP contribution in [0.4, 0.5) is 11.6 Å². The van der Waals surface area contributed by atoms with Crippen LogP contribution < -0.4 is 10.2 Å². The molecule has 0 spiro atoms. The van der Waals surface area contributed by atoms with E-state index >= 15 is 0 Å². The molecule has 3 N–H and O–H groups in total. The molecular weight excluding hydrogens is 228 g/mol. The number of anilines is 2. The van der Waals surface area contributed by atoms with Crippen molar-refractivity contribution in [3.8, 4) is 0 Å². The molecule has 0 atom stereocenters. The van der Waals surface area contributed by atoms with Crippen molar-refractivity contribution in [2.24, 2.45) is 0 Å². The van der Waals surface area contributed by atoms with Gasteiger partial charge in [-0.15, -0.1) is 0 Å². The Morgan fingerprint density at radius 1 is 1.39 bits per heavy atom. The molecule has 2 heterocycles. The maximum atomic E-state index is 7.57. The van der Waals surface area contributed by atoms with Crippen LogP contribution in [0.2, 0.25) is 0 Å². The van der Waals surface area contributed by atoms with Gasteiger partial charge in [0.2, 0.25) is 0 Å². The first-order chi connectivity index (χ1) is 8.76. The lowest BCUT2D eigenvalue weighted by molar-refractivity contribution is 0.312. The molecule has 18 heavy (non-hydrogen) atoms. The van der Waals surface area contributed by atoms with Gasteiger partial charge in [0.15, 0.2) is 5.82 Å². The molecule has 1 aromatic rings. The highest BCUT2D eigenvalue weighted by Crippen LogP contribution is 2.23. The van der Waals surface area contributed by atoms with E-state index in [0.29, 0.717) is 0 Å². The topological polar surface area (TPSA) is 71.0 Å². The number of nitrogens with one attached hydrogen (secondary N) is 3. The highest BCUT2D eigenvalue weighted by Gasteiger charge is 2.20. The summed E-state index contributed by atoms with van der Waals surface area (Å²) in [6.45, 7) is 7.04. The van der Waals surface area contributed by atoms with Crippen molar-refractivity contribution in [3.05, 3.63) is 5.56 Å². The Labute approximate surface area is 108 Å². The molecule has 1 saturated heterocycles. The lowest BCUT2D eigenvalue weighted by Gasteiger charge is -2.32. The summed E-state index contributed by atoms with van der Waals surface area (Å²) in [4.78, 5) is 4.55. The number of likely N-dealkylation sites (N-methyl/N-ethyl adjacent to an activating group) is 1. The molecule has 100 valence electrons. The van der Waals surface area contributed by atoms with E-state index in [1.807, 2.05) is 0 Å². The summed E-state index contributed by atoms with van der Waals surface area (Å²) in [6.07, 6.45) is 2.44. The average molecular weight is 250 g/mol. The van der Waals surface area contributed by atoms with Gasteiger partial charge in [0.05, 0.1) is 5.56 Å². The van der Waals surface area contributed by atoms with Crippen LogP contribution in [0.3, 0.4) is 0 Å². The summed E-state index contributed by atoms with van der Waals surface area (Å²) in [5.41, 5.74) is 0.869. The molecule has 0 aliphatic carbocycles. The highest BCUT2D eigenvalue weighted by molar-refractivity contribution is 5.91. The van der Waals surface area contributed by atoms with E-state index in [1.54, 1.807) is 0 Å². The predicted octanol–water partition coefficient (Wildman–Crippen LogP) is 0.981. The minimum Gasteiger partial charge on any atom is -0.370 e. The largest absolute Gasteiger partial charge is 0.370 e. The fourth-order valence-electron chi connectivity index (χ4n) is 2.12. The lowest BCUT2D eigenvalue weighted by Crippen LogP contribution is -2.45. The monoisotopic (exact) mass is 250 g/mol. The number of nitrogens with zero attached hydrogens (tertiary/aromatic N) is 3. The maximum absolute atomic E-state index is 7.57. The van der Waals surface area contributed by atoms with Crippen molar-refractivity contribution in [2.45, 2.75) is 13.3 Å². The zero-order chi connectivity index (χ0) is 13.0. The van der Waals surface area contributed by atoms with Crippen LogP contribution in [-0.2, 0) is 0 Å². The van der Waals surface area contributed by atoms with E-state index < -0.39 is 0 Å². The normalized spacial score (nSPS) is 16.9. The summed E-state index contributed by atoms with van der Waals surface area (Å²) in [6, 6.07) is 0. The van der Waals surface area contributed by atoms with Crippen molar-refractivity contribution >= 4 is 17.9 Å². The van der Waals surface area contributed by atoms with Crippen LogP contribution in [0.1, 0.15) is 18.9 Å². The van der Waals surface area contributed by atoms with Gasteiger partial charge in [0, 0.05) is 38.9 Å². The fourth-order valence-corrected chi connectivity index (χ4v) is 2.12. The second kappa shape index (κ2) is 5.86. The SMILES string of the molecule is CCCNc1[nH]nc(N2CCN(C)CC2)c1C=N. The molecule has 1 aliphatic rings. The Bertz CT molecular complexity index is 391. The molecule has 0 amide bonds. The van der Waals surface area contributed by atoms with Gasteiger partial charge < -0.3 is 20.5 Å². The molecule has 0 aromatic carbocycles. The van der Waals surface area contributed by atoms with Gasteiger partial charge in [-0.05, 0) is 13.5 Å². The van der Waals surface area contributed by atoms with Crippen molar-refractivity contribution in [3.63, 3.8) is 0 Å². The zero-order valence-electron chi connectivity index (χ0n) is 11.2. The second-order valence-corrected chi connectivity index (χ2v) is 4.70. The van der Waals surface area contributed by atoms with Crippen LogP contribution in [0.5, 0.6) is 0 Å². The molecule has 1 aliphatic heterocycles. The van der Waals surface area contributed by atoms with E-state index in [4.69, 9.17) is 5.41 Å². The molecule has 6 heteroatoms. The molecular formula is C12H22N6. The summed E-state index contributed by atoms with van der Waals surface area (Å²) in [5.74, 6) is 1.76. The number of hydrogen-bond acceptors (Lipinski definition) is 5. The Hall–Kier alpha value is -1.56. The molecule has 6 nitrogen and oxygen atoms in total. The third-order valence-corrected chi connectivity index (χ3v) is 3.28. The fraction of sp³-hybridized carbons (Fsp3) is 0.667. The van der Waals surface area contributed by atoms with Gasteiger partial charge in [-0.1, -0.05) is 6.92 Å². The Balaban J connectivity index is 2.12. The van der Waals surface area contributed by atoms with E-state index in [-0.39, 0.29) is 0 Å². The molecule has 2 rings (SSSR count). The third-order valence-electron chi connectivity index (χ3n) is 3.28. The molecule has 0 bridgehead atoms. The quantitative estimate of drug-likeness (QED) is 0.681. The van der Waals surface area contributed by atoms with Gasteiger partial charge in [0.1, 0.15) is 5.82 Å². The van der Waals surface area contributed by atoms with Crippen LogP contribution in [-0.4, -0.2) is 61.1 Å². The van der Waals surface area contributed by atoms with Gasteiger partial charge in [-0.3, -0.25) is 5.10 Å². The minimum atomic E-state index is 0.862. The summed E-state index contributed by atoms with van der Waals surface area (Å²) in [7, 11) is 2.13. The number of aromatic nitrogens is 2. The van der Waals surface area contributed by atoms with Gasteiger partial charge in [0.25, 0.3) is 0 Å². The van der Waals surface area contributed by atoms with Crippen LogP contribution in [0, 0.1) is 5.41 Å². The van der Waals surface area contributed by atoms with E-state index in [0.717, 1.165) is 56.3 Å². The standard InChI is InChI=1S/C12H22N6/c1-3-4-14-11-10(9-13)12(16-15-11)18-7-5-17(2)6-8-18/h9,13H,3-8H2,1-2H3,(H2,14,15,16). The minimum absolute atomic E-state index is 0.862. The molecule has 1 aromatic heterocycles. The lowest BCUT2D eigenvalue weighted by atomic mass is 10.2. The first kappa shape index (κ1) is 12.9. The van der Waals surface area contributed by atoms with E-state index in [2.05, 4.69) is 39.3 Å². The van der Waals surface area contributed by atoms with Crippen molar-refractivity contribution in [1.29, 1.82) is 5.41 Å². The van der Waals surface area contributed by atoms with E-state index in [1.165, 1.54) is 6.21 Å². The number of piperazine rings is 1. The summed E-state index contributed by atoms with van der Waals surface area (Å²) >= 11 is 0. The summed E-state index contributed by atoms with van der Waals surface area (Å²) in [5, 5.41) is 18.2. The number of rotatable bonds is 5. The van der Waals surface area contributed by atoms with E-state index in [9.17, 15) is 0 Å². The second-order valence-electron chi connectivity index (χ2n) is 4.70. The summed E-state index contributed by atoms with van der Waals surface area (Å²) < 4.78 is 0. The van der Waals surface area contributed by atoms with Crippen LogP contribution >= 0.6 is 0 Å². The average Bonchev–Trinajstić information content (AvgIpc) is 2.80. The smallest absolute Gasteiger partial charge is 0.161 e. The zero-order valence-corrected chi connectivity index (χ0v) is 11.2. The molecule has 0 saturated carbocycles. The third kappa shape index (κ3) is 2.64. The first-order valence-electron chi connectivity index (χ1n) is 6.52. The molecule has 0 unspecified atom stereocenters. The van der Waals surface area contributed by atoms with Crippen molar-refractivity contribution in [2.75, 3.05) is 50.0 Å². The van der Waals surface area contributed by atoms with Crippen molar-refractivity contribution < 1.29 is 0 Å². The first-order valence-corrected chi connectivity index (χ1v) is 6.52. The number of aromatic amines is 1. The number of H-pyrrole nitrogens is 1. The van der Waals surface area contributed by atoms with Gasteiger partial charge >= 0.3 is 0 Å². The number of hydrogen-bond donors (Lipinski definition) is 3. The van der Waals surface area contributed by atoms with Gasteiger partial charge in [-0.2, -0.15) is 5.10 Å². The molecule has 1 fully saturated rings.